The number of hydrogen-bond donors (Lipinski definition) is 2. The standard InChI is InChI=1S/C12H18N2O5S2/c13-20(15,16)9-10-1-3-11(4-2-10)14-21(17,18)12-5-7-19-8-6-12/h1-4,12,14H,5-9H2,(H2,13,15,16). The van der Waals surface area contributed by atoms with Crippen LogP contribution in [0.3, 0.4) is 0 Å². The first-order valence-electron chi connectivity index (χ1n) is 6.45. The molecule has 21 heavy (non-hydrogen) atoms. The average Bonchev–Trinajstić information content (AvgIpc) is 2.40. The molecule has 1 fully saturated rings. The van der Waals surface area contributed by atoms with Crippen LogP contribution < -0.4 is 9.86 Å². The van der Waals surface area contributed by atoms with Crippen LogP contribution in [0.5, 0.6) is 0 Å². The molecular weight excluding hydrogens is 316 g/mol. The van der Waals surface area contributed by atoms with Crippen molar-refractivity contribution in [3.8, 4) is 0 Å². The van der Waals surface area contributed by atoms with Gasteiger partial charge in [-0.25, -0.2) is 22.0 Å². The molecule has 1 heterocycles. The lowest BCUT2D eigenvalue weighted by molar-refractivity contribution is 0.0984. The molecule has 3 N–H and O–H groups in total. The largest absolute Gasteiger partial charge is 0.381 e. The predicted octanol–water partition coefficient (Wildman–Crippen LogP) is 0.396. The predicted molar refractivity (Wildman–Crippen MR) is 79.6 cm³/mol. The van der Waals surface area contributed by atoms with Crippen molar-refractivity contribution < 1.29 is 21.6 Å². The topological polar surface area (TPSA) is 116 Å². The number of benzene rings is 1. The molecule has 0 atom stereocenters. The van der Waals surface area contributed by atoms with Gasteiger partial charge in [0.15, 0.2) is 0 Å². The molecule has 1 aliphatic rings. The Hall–Kier alpha value is -1.16. The van der Waals surface area contributed by atoms with Gasteiger partial charge in [0.1, 0.15) is 0 Å². The zero-order valence-corrected chi connectivity index (χ0v) is 13.0. The first kappa shape index (κ1) is 16.2. The smallest absolute Gasteiger partial charge is 0.235 e. The summed E-state index contributed by atoms with van der Waals surface area (Å²) in [6, 6.07) is 6.12. The highest BCUT2D eigenvalue weighted by molar-refractivity contribution is 7.93. The van der Waals surface area contributed by atoms with Crippen LogP contribution in [0.15, 0.2) is 24.3 Å². The number of anilines is 1. The summed E-state index contributed by atoms with van der Waals surface area (Å²) in [7, 11) is -7.05. The van der Waals surface area contributed by atoms with E-state index in [-0.39, 0.29) is 5.75 Å². The van der Waals surface area contributed by atoms with Crippen LogP contribution in [0, 0.1) is 0 Å². The Morgan fingerprint density at radius 1 is 1.10 bits per heavy atom. The molecule has 118 valence electrons. The van der Waals surface area contributed by atoms with Crippen molar-refractivity contribution in [1.29, 1.82) is 0 Å². The molecular formula is C12H18N2O5S2. The quantitative estimate of drug-likeness (QED) is 0.808. The maximum Gasteiger partial charge on any atom is 0.235 e. The summed E-state index contributed by atoms with van der Waals surface area (Å²) in [6.45, 7) is 0.887. The Bertz CT molecular complexity index is 677. The van der Waals surface area contributed by atoms with Crippen LogP contribution >= 0.6 is 0 Å². The van der Waals surface area contributed by atoms with E-state index in [0.717, 1.165) is 0 Å². The fraction of sp³-hybridized carbons (Fsp3) is 0.500. The maximum atomic E-state index is 12.2. The molecule has 0 bridgehead atoms. The first-order valence-corrected chi connectivity index (χ1v) is 9.71. The summed E-state index contributed by atoms with van der Waals surface area (Å²) in [5.74, 6) is -0.278. The SMILES string of the molecule is NS(=O)(=O)Cc1ccc(NS(=O)(=O)C2CCOCC2)cc1. The van der Waals surface area contributed by atoms with Crippen molar-refractivity contribution in [2.75, 3.05) is 17.9 Å². The van der Waals surface area contributed by atoms with E-state index in [0.29, 0.717) is 37.3 Å². The third kappa shape index (κ3) is 4.95. The number of hydrogen-bond acceptors (Lipinski definition) is 5. The van der Waals surface area contributed by atoms with Gasteiger partial charge in [0.05, 0.1) is 11.0 Å². The zero-order chi connectivity index (χ0) is 15.5. The van der Waals surface area contributed by atoms with E-state index < -0.39 is 25.3 Å². The zero-order valence-electron chi connectivity index (χ0n) is 11.4. The van der Waals surface area contributed by atoms with Crippen LogP contribution in [-0.2, 0) is 30.5 Å². The Labute approximate surface area is 124 Å². The molecule has 1 aromatic carbocycles. The van der Waals surface area contributed by atoms with E-state index in [9.17, 15) is 16.8 Å². The minimum atomic E-state index is -3.59. The van der Waals surface area contributed by atoms with Crippen LogP contribution in [-0.4, -0.2) is 35.3 Å². The first-order chi connectivity index (χ1) is 9.76. The highest BCUT2D eigenvalue weighted by atomic mass is 32.2. The monoisotopic (exact) mass is 334 g/mol. The van der Waals surface area contributed by atoms with Crippen LogP contribution in [0.4, 0.5) is 5.69 Å². The molecule has 9 heteroatoms. The molecule has 0 aromatic heterocycles. The van der Waals surface area contributed by atoms with Gasteiger partial charge in [-0.1, -0.05) is 12.1 Å². The van der Waals surface area contributed by atoms with E-state index in [4.69, 9.17) is 9.88 Å². The third-order valence-corrected chi connectivity index (χ3v) is 5.79. The molecule has 1 saturated heterocycles. The summed E-state index contributed by atoms with van der Waals surface area (Å²) < 4.78 is 54.0. The summed E-state index contributed by atoms with van der Waals surface area (Å²) in [5, 5.41) is 4.49. The van der Waals surface area contributed by atoms with E-state index >= 15 is 0 Å². The lowest BCUT2D eigenvalue weighted by Crippen LogP contribution is -2.33. The lowest BCUT2D eigenvalue weighted by atomic mass is 10.2. The van der Waals surface area contributed by atoms with E-state index in [1.165, 1.54) is 24.3 Å². The minimum Gasteiger partial charge on any atom is -0.381 e. The Morgan fingerprint density at radius 3 is 2.19 bits per heavy atom. The summed E-state index contributed by atoms with van der Waals surface area (Å²) in [5.41, 5.74) is 0.908. The lowest BCUT2D eigenvalue weighted by Gasteiger charge is -2.22. The number of nitrogens with one attached hydrogen (secondary N) is 1. The molecule has 0 unspecified atom stereocenters. The van der Waals surface area contributed by atoms with Gasteiger partial charge in [0.2, 0.25) is 20.0 Å². The summed E-state index contributed by atoms with van der Waals surface area (Å²) >= 11 is 0. The fourth-order valence-electron chi connectivity index (χ4n) is 2.14. The van der Waals surface area contributed by atoms with Crippen molar-refractivity contribution in [2.45, 2.75) is 23.8 Å². The van der Waals surface area contributed by atoms with Gasteiger partial charge in [-0.05, 0) is 30.5 Å². The third-order valence-electron chi connectivity index (χ3n) is 3.19. The minimum absolute atomic E-state index is 0.278. The Kier molecular flexibility index (Phi) is 4.87. The van der Waals surface area contributed by atoms with Crippen molar-refractivity contribution in [3.05, 3.63) is 29.8 Å². The van der Waals surface area contributed by atoms with Crippen molar-refractivity contribution in [1.82, 2.24) is 0 Å². The number of nitrogens with two attached hydrogens (primary N) is 1. The second-order valence-electron chi connectivity index (χ2n) is 4.96. The normalized spacial score (nSPS) is 17.6. The fourth-order valence-corrected chi connectivity index (χ4v) is 4.24. The Balaban J connectivity index is 2.05. The van der Waals surface area contributed by atoms with Gasteiger partial charge in [0, 0.05) is 18.9 Å². The van der Waals surface area contributed by atoms with Crippen molar-refractivity contribution >= 4 is 25.7 Å². The van der Waals surface area contributed by atoms with Gasteiger partial charge in [-0.3, -0.25) is 4.72 Å². The Morgan fingerprint density at radius 2 is 1.67 bits per heavy atom. The molecule has 0 radical (unpaired) electrons. The van der Waals surface area contributed by atoms with Crippen LogP contribution in [0.1, 0.15) is 18.4 Å². The second kappa shape index (κ2) is 6.30. The summed E-state index contributed by atoms with van der Waals surface area (Å²) in [6.07, 6.45) is 0.942. The highest BCUT2D eigenvalue weighted by Gasteiger charge is 2.27. The van der Waals surface area contributed by atoms with E-state index in [1.54, 1.807) is 0 Å². The van der Waals surface area contributed by atoms with Gasteiger partial charge in [-0.15, -0.1) is 0 Å². The van der Waals surface area contributed by atoms with Crippen molar-refractivity contribution in [3.63, 3.8) is 0 Å². The van der Waals surface area contributed by atoms with Gasteiger partial charge < -0.3 is 4.74 Å². The van der Waals surface area contributed by atoms with Gasteiger partial charge in [-0.2, -0.15) is 0 Å². The van der Waals surface area contributed by atoms with Gasteiger partial charge >= 0.3 is 0 Å². The van der Waals surface area contributed by atoms with Crippen molar-refractivity contribution in [2.24, 2.45) is 5.14 Å². The molecule has 0 saturated carbocycles. The average molecular weight is 334 g/mol. The molecule has 1 aromatic rings. The maximum absolute atomic E-state index is 12.2. The second-order valence-corrected chi connectivity index (χ2v) is 8.54. The molecule has 1 aliphatic heterocycles. The number of ether oxygens (including phenoxy) is 1. The van der Waals surface area contributed by atoms with Crippen LogP contribution in [0.2, 0.25) is 0 Å². The highest BCUT2D eigenvalue weighted by Crippen LogP contribution is 2.20. The number of primary sulfonamides is 1. The molecule has 2 rings (SSSR count). The molecule has 0 aliphatic carbocycles. The molecule has 0 amide bonds. The molecule has 7 nitrogen and oxygen atoms in total. The molecule has 0 spiro atoms. The number of rotatable bonds is 5. The van der Waals surface area contributed by atoms with E-state index in [1.807, 2.05) is 0 Å². The van der Waals surface area contributed by atoms with Crippen LogP contribution in [0.25, 0.3) is 0 Å². The van der Waals surface area contributed by atoms with E-state index in [2.05, 4.69) is 4.72 Å². The number of sulfonamides is 2. The summed E-state index contributed by atoms with van der Waals surface area (Å²) in [4.78, 5) is 0. The van der Waals surface area contributed by atoms with Gasteiger partial charge in [0.25, 0.3) is 0 Å².